The van der Waals surface area contributed by atoms with Gasteiger partial charge in [0.15, 0.2) is 0 Å². The number of nitrogens with zero attached hydrogens (tertiary/aromatic N) is 3. The molecule has 5 rings (SSSR count). The lowest BCUT2D eigenvalue weighted by Crippen LogP contribution is -2.45. The maximum absolute atomic E-state index is 15.9. The third-order valence-electron chi connectivity index (χ3n) is 8.59. The van der Waals surface area contributed by atoms with E-state index in [2.05, 4.69) is 20.8 Å². The largest absolute Gasteiger partial charge is 0.508 e. The first-order valence-corrected chi connectivity index (χ1v) is 15.2. The molecule has 3 aliphatic rings. The van der Waals surface area contributed by atoms with Gasteiger partial charge in [-0.2, -0.15) is 0 Å². The van der Waals surface area contributed by atoms with Gasteiger partial charge in [0.05, 0.1) is 42.4 Å². The molecule has 0 bridgehead atoms. The minimum absolute atomic E-state index is 0.0212. The van der Waals surface area contributed by atoms with E-state index in [0.717, 1.165) is 41.1 Å². The van der Waals surface area contributed by atoms with Crippen LogP contribution in [0, 0.1) is 5.92 Å². The number of H-pyrrole nitrogens is 1. The molecule has 0 amide bonds. The van der Waals surface area contributed by atoms with Gasteiger partial charge < -0.3 is 15.2 Å². The predicted octanol–water partition coefficient (Wildman–Crippen LogP) is 1.68. The van der Waals surface area contributed by atoms with Crippen LogP contribution < -0.4 is 10.9 Å². The first-order valence-electron chi connectivity index (χ1n) is 13.6. The number of aryl methyl sites for hydroxylation is 1. The molecule has 5 N–H and O–H groups in total. The average molecular weight is 563 g/mol. The Bertz CT molecular complexity index is 1320. The zero-order valence-electron chi connectivity index (χ0n) is 22.6. The number of aromatic hydroxyl groups is 1. The number of fused-ring (bicyclic) bond motifs is 1. The molecule has 2 aliphatic heterocycles. The molecule has 1 aliphatic carbocycles. The van der Waals surface area contributed by atoms with Gasteiger partial charge in [0, 0.05) is 39.0 Å². The van der Waals surface area contributed by atoms with Gasteiger partial charge in [0.1, 0.15) is 17.7 Å². The Kier molecular flexibility index (Phi) is 8.14. The summed E-state index contributed by atoms with van der Waals surface area (Å²) >= 11 is 0. The molecule has 1 saturated carbocycles. The number of imidazole rings is 1. The molecule has 1 saturated heterocycles. The normalized spacial score (nSPS) is 29.6. The third kappa shape index (κ3) is 5.50. The van der Waals surface area contributed by atoms with Crippen LogP contribution in [0.4, 0.5) is 4.39 Å². The number of halogens is 1. The van der Waals surface area contributed by atoms with Crippen LogP contribution in [0.15, 0.2) is 30.5 Å². The number of sulfonamides is 1. The van der Waals surface area contributed by atoms with Gasteiger partial charge in [-0.3, -0.25) is 10.3 Å². The zero-order valence-corrected chi connectivity index (χ0v) is 23.5. The van der Waals surface area contributed by atoms with Crippen molar-refractivity contribution in [1.29, 1.82) is 0 Å². The van der Waals surface area contributed by atoms with Crippen molar-refractivity contribution in [2.75, 3.05) is 39.5 Å². The molecule has 6 atom stereocenters. The summed E-state index contributed by atoms with van der Waals surface area (Å²) in [6, 6.07) is 4.43. The SMILES string of the molecule is CCc1cc(O)ccc1C1CCC2C(c3ncc(C4=C[C@@H](CO)N(CCS(=O)(=O)N(C)C)C4)[nH]3)NNC2C1F. The Balaban J connectivity index is 1.26. The highest BCUT2D eigenvalue weighted by Gasteiger charge is 2.48. The standard InChI is InChI=1S/C27H39FN6O4S/c1-4-16-12-19(36)5-6-20(16)21-7-8-22-25(24(21)28)31-32-26(22)27-29-13-23(30-27)17-11-18(15-35)34(14-17)9-10-39(37,38)33(2)3/h5-6,11-13,18,21-22,24-26,31-32,35-36H,4,7-10,14-15H2,1-3H3,(H,29,30)/t18-,21?,22?,24?,25?,26?/m0/s1. The lowest BCUT2D eigenvalue weighted by atomic mass is 9.71. The second-order valence-electron chi connectivity index (χ2n) is 11.0. The molecule has 1 aromatic carbocycles. The minimum Gasteiger partial charge on any atom is -0.508 e. The number of rotatable bonds is 9. The summed E-state index contributed by atoms with van der Waals surface area (Å²) in [5, 5.41) is 19.8. The van der Waals surface area contributed by atoms with Gasteiger partial charge in [0.25, 0.3) is 0 Å². The van der Waals surface area contributed by atoms with E-state index in [-0.39, 0.29) is 48.1 Å². The summed E-state index contributed by atoms with van der Waals surface area (Å²) < 4.78 is 41.6. The van der Waals surface area contributed by atoms with E-state index in [1.54, 1.807) is 18.3 Å². The number of hydrogen-bond acceptors (Lipinski definition) is 8. The van der Waals surface area contributed by atoms with Gasteiger partial charge in [-0.25, -0.2) is 27.5 Å². The summed E-state index contributed by atoms with van der Waals surface area (Å²) in [6.45, 7) is 2.72. The van der Waals surface area contributed by atoms with Gasteiger partial charge in [0.2, 0.25) is 10.0 Å². The van der Waals surface area contributed by atoms with Gasteiger partial charge in [-0.05, 0) is 48.1 Å². The van der Waals surface area contributed by atoms with E-state index in [1.165, 1.54) is 18.4 Å². The van der Waals surface area contributed by atoms with Crippen LogP contribution in [0.25, 0.3) is 5.57 Å². The monoisotopic (exact) mass is 562 g/mol. The van der Waals surface area contributed by atoms with E-state index >= 15 is 4.39 Å². The molecule has 214 valence electrons. The van der Waals surface area contributed by atoms with Crippen LogP contribution in [0.5, 0.6) is 5.75 Å². The minimum atomic E-state index is -3.34. The maximum Gasteiger partial charge on any atom is 0.214 e. The van der Waals surface area contributed by atoms with E-state index < -0.39 is 16.2 Å². The Labute approximate surface area is 229 Å². The highest BCUT2D eigenvalue weighted by atomic mass is 32.2. The number of hydrazine groups is 1. The Morgan fingerprint density at radius 1 is 1.23 bits per heavy atom. The molecule has 3 heterocycles. The highest BCUT2D eigenvalue weighted by molar-refractivity contribution is 7.89. The second kappa shape index (κ2) is 11.3. The molecule has 39 heavy (non-hydrogen) atoms. The van der Waals surface area contributed by atoms with E-state index in [1.807, 2.05) is 24.0 Å². The number of phenols is 1. The molecule has 10 nitrogen and oxygen atoms in total. The lowest BCUT2D eigenvalue weighted by Gasteiger charge is -2.36. The number of hydrogen-bond donors (Lipinski definition) is 5. The van der Waals surface area contributed by atoms with Crippen LogP contribution in [0.3, 0.4) is 0 Å². The molecule has 1 aromatic heterocycles. The summed E-state index contributed by atoms with van der Waals surface area (Å²) in [7, 11) is -0.308. The van der Waals surface area contributed by atoms with Crippen molar-refractivity contribution in [3.63, 3.8) is 0 Å². The van der Waals surface area contributed by atoms with Crippen molar-refractivity contribution >= 4 is 15.6 Å². The molecular weight excluding hydrogens is 523 g/mol. The number of aliphatic hydroxyl groups excluding tert-OH is 1. The number of alkyl halides is 1. The van der Waals surface area contributed by atoms with Crippen molar-refractivity contribution in [1.82, 2.24) is 30.0 Å². The van der Waals surface area contributed by atoms with Crippen molar-refractivity contribution in [3.8, 4) is 5.75 Å². The molecule has 2 fully saturated rings. The van der Waals surface area contributed by atoms with Crippen LogP contribution in [-0.4, -0.2) is 95.6 Å². The summed E-state index contributed by atoms with van der Waals surface area (Å²) in [5.41, 5.74) is 10.2. The number of benzene rings is 1. The molecule has 0 spiro atoms. The smallest absolute Gasteiger partial charge is 0.214 e. The molecule has 5 unspecified atom stereocenters. The quantitative estimate of drug-likeness (QED) is 0.312. The van der Waals surface area contributed by atoms with Gasteiger partial charge >= 0.3 is 0 Å². The Morgan fingerprint density at radius 2 is 2.03 bits per heavy atom. The number of aromatic nitrogens is 2. The van der Waals surface area contributed by atoms with Crippen molar-refractivity contribution in [3.05, 3.63) is 53.1 Å². The first kappa shape index (κ1) is 28.2. The van der Waals surface area contributed by atoms with Crippen LogP contribution >= 0.6 is 0 Å². The van der Waals surface area contributed by atoms with Gasteiger partial charge in [-0.15, -0.1) is 0 Å². The van der Waals surface area contributed by atoms with Crippen molar-refractivity contribution in [2.24, 2.45) is 5.92 Å². The van der Waals surface area contributed by atoms with E-state index in [9.17, 15) is 18.6 Å². The fourth-order valence-corrected chi connectivity index (χ4v) is 7.13. The Morgan fingerprint density at radius 3 is 2.74 bits per heavy atom. The van der Waals surface area contributed by atoms with Crippen LogP contribution in [-0.2, 0) is 16.4 Å². The number of aliphatic hydroxyl groups is 1. The zero-order chi connectivity index (χ0) is 27.9. The number of nitrogens with one attached hydrogen (secondary N) is 3. The van der Waals surface area contributed by atoms with E-state index in [0.29, 0.717) is 19.5 Å². The molecule has 0 radical (unpaired) electrons. The fraction of sp³-hybridized carbons (Fsp3) is 0.593. The average Bonchev–Trinajstić information content (AvgIpc) is 3.65. The predicted molar refractivity (Wildman–Crippen MR) is 147 cm³/mol. The third-order valence-corrected chi connectivity index (χ3v) is 10.4. The summed E-state index contributed by atoms with van der Waals surface area (Å²) in [6.07, 6.45) is 4.90. The first-order chi connectivity index (χ1) is 18.6. The maximum atomic E-state index is 15.9. The topological polar surface area (TPSA) is 134 Å². The number of phenolic OH excluding ortho intramolecular Hbond substituents is 1. The second-order valence-corrected chi connectivity index (χ2v) is 13.3. The summed E-state index contributed by atoms with van der Waals surface area (Å²) in [5.74, 6) is 0.696. The van der Waals surface area contributed by atoms with Crippen molar-refractivity contribution < 1.29 is 23.0 Å². The van der Waals surface area contributed by atoms with E-state index in [4.69, 9.17) is 0 Å². The lowest BCUT2D eigenvalue weighted by molar-refractivity contribution is 0.135. The van der Waals surface area contributed by atoms with Crippen LogP contribution in [0.2, 0.25) is 0 Å². The molecular formula is C27H39FN6O4S. The highest BCUT2D eigenvalue weighted by Crippen LogP contribution is 2.45. The summed E-state index contributed by atoms with van der Waals surface area (Å²) in [4.78, 5) is 9.98. The molecule has 2 aromatic rings. The fourth-order valence-electron chi connectivity index (χ4n) is 6.30. The Hall–Kier alpha value is -2.35. The van der Waals surface area contributed by atoms with Crippen molar-refractivity contribution in [2.45, 2.75) is 56.4 Å². The van der Waals surface area contributed by atoms with Crippen LogP contribution in [0.1, 0.15) is 54.4 Å². The van der Waals surface area contributed by atoms with Gasteiger partial charge in [-0.1, -0.05) is 19.1 Å². The molecule has 12 heteroatoms. The number of aromatic amines is 1.